The Balaban J connectivity index is 1.61. The van der Waals surface area contributed by atoms with E-state index in [1.165, 1.54) is 18.8 Å². The molecule has 1 radical (unpaired) electrons. The number of rotatable bonds is 3. The fraction of sp³-hybridized carbons (Fsp3) is 0.611. The number of benzene rings is 1. The van der Waals surface area contributed by atoms with Crippen molar-refractivity contribution < 1.29 is 22.6 Å². The molecular weight excluding hydrogens is 305 g/mol. The highest BCUT2D eigenvalue weighted by Crippen LogP contribution is 2.38. The summed E-state index contributed by atoms with van der Waals surface area (Å²) >= 11 is 0. The maximum Gasteiger partial charge on any atom is 0.184 e. The van der Waals surface area contributed by atoms with E-state index in [9.17, 15) is 13.2 Å². The van der Waals surface area contributed by atoms with Gasteiger partial charge >= 0.3 is 0 Å². The van der Waals surface area contributed by atoms with Crippen LogP contribution in [-0.2, 0) is 16.1 Å². The molecule has 3 rings (SSSR count). The van der Waals surface area contributed by atoms with E-state index < -0.39 is 30.2 Å². The summed E-state index contributed by atoms with van der Waals surface area (Å²) in [7, 11) is 0. The molecule has 127 valence electrons. The smallest absolute Gasteiger partial charge is 0.184 e. The lowest BCUT2D eigenvalue weighted by Crippen LogP contribution is -2.33. The zero-order valence-electron chi connectivity index (χ0n) is 13.3. The molecule has 1 aliphatic carbocycles. The molecule has 1 aromatic carbocycles. The Bertz CT molecular complexity index is 510. The van der Waals surface area contributed by atoms with E-state index in [1.54, 1.807) is 0 Å². The Kier molecular flexibility index (Phi) is 5.27. The zero-order chi connectivity index (χ0) is 16.4. The van der Waals surface area contributed by atoms with Gasteiger partial charge in [-0.2, -0.15) is 0 Å². The summed E-state index contributed by atoms with van der Waals surface area (Å²) in [5.41, 5.74) is -0.285. The van der Waals surface area contributed by atoms with Crippen LogP contribution in [0.1, 0.15) is 50.0 Å². The molecule has 0 unspecified atom stereocenters. The molecule has 1 aromatic rings. The van der Waals surface area contributed by atoms with Crippen LogP contribution in [0.2, 0.25) is 0 Å². The molecule has 2 aliphatic rings. The minimum Gasteiger partial charge on any atom is -0.348 e. The molecule has 0 aromatic heterocycles. The van der Waals surface area contributed by atoms with Gasteiger partial charge in [-0.1, -0.05) is 19.8 Å². The van der Waals surface area contributed by atoms with Crippen molar-refractivity contribution in [1.29, 1.82) is 0 Å². The Morgan fingerprint density at radius 3 is 2.13 bits per heavy atom. The fourth-order valence-electron chi connectivity index (χ4n) is 3.36. The summed E-state index contributed by atoms with van der Waals surface area (Å²) in [6.45, 7) is 2.11. The third-order valence-electron chi connectivity index (χ3n) is 4.96. The molecule has 1 heterocycles. The van der Waals surface area contributed by atoms with Crippen LogP contribution in [0.4, 0.5) is 13.2 Å². The minimum atomic E-state index is -1.16. The Labute approximate surface area is 135 Å². The second-order valence-electron chi connectivity index (χ2n) is 6.63. The van der Waals surface area contributed by atoms with Crippen molar-refractivity contribution in [3.63, 3.8) is 0 Å². The van der Waals surface area contributed by atoms with Gasteiger partial charge in [0.15, 0.2) is 6.29 Å². The van der Waals surface area contributed by atoms with E-state index in [0.717, 1.165) is 30.9 Å². The van der Waals surface area contributed by atoms with Gasteiger partial charge in [0.05, 0.1) is 18.8 Å². The van der Waals surface area contributed by atoms with Gasteiger partial charge in [-0.05, 0) is 36.8 Å². The predicted molar refractivity (Wildman–Crippen MR) is 80.2 cm³/mol. The highest BCUT2D eigenvalue weighted by Gasteiger charge is 2.32. The van der Waals surface area contributed by atoms with Crippen molar-refractivity contribution in [2.45, 2.75) is 45.6 Å². The molecule has 23 heavy (non-hydrogen) atoms. The molecule has 1 saturated carbocycles. The monoisotopic (exact) mass is 327 g/mol. The van der Waals surface area contributed by atoms with E-state index in [-0.39, 0.29) is 11.5 Å². The number of alkyl halides is 1. The normalized spacial score (nSPS) is 27.3. The van der Waals surface area contributed by atoms with Gasteiger partial charge < -0.3 is 9.47 Å². The average molecular weight is 327 g/mol. The van der Waals surface area contributed by atoms with Gasteiger partial charge in [0.1, 0.15) is 18.3 Å². The van der Waals surface area contributed by atoms with Gasteiger partial charge in [-0.3, -0.25) is 0 Å². The first kappa shape index (κ1) is 16.8. The maximum absolute atomic E-state index is 13.7. The summed E-state index contributed by atoms with van der Waals surface area (Å²) in [4.78, 5) is 0. The molecule has 0 atom stereocenters. The van der Waals surface area contributed by atoms with Gasteiger partial charge in [0, 0.05) is 11.5 Å². The highest BCUT2D eigenvalue weighted by molar-refractivity contribution is 5.27. The van der Waals surface area contributed by atoms with Crippen molar-refractivity contribution in [2.75, 3.05) is 13.2 Å². The van der Waals surface area contributed by atoms with Crippen LogP contribution in [-0.4, -0.2) is 13.2 Å². The Morgan fingerprint density at radius 1 is 1.04 bits per heavy atom. The minimum absolute atomic E-state index is 0.262. The van der Waals surface area contributed by atoms with Crippen molar-refractivity contribution in [3.8, 4) is 0 Å². The van der Waals surface area contributed by atoms with E-state index in [0.29, 0.717) is 13.2 Å². The van der Waals surface area contributed by atoms with Crippen LogP contribution in [0.5, 0.6) is 0 Å². The second kappa shape index (κ2) is 7.22. The lowest BCUT2D eigenvalue weighted by atomic mass is 9.76. The summed E-state index contributed by atoms with van der Waals surface area (Å²) in [5, 5.41) is 0. The number of halogens is 3. The van der Waals surface area contributed by atoms with Crippen molar-refractivity contribution in [1.82, 2.24) is 0 Å². The van der Waals surface area contributed by atoms with Gasteiger partial charge in [-0.15, -0.1) is 0 Å². The first-order valence-corrected chi connectivity index (χ1v) is 8.20. The Hall–Kier alpha value is -1.07. The standard InChI is InChI=1S/C18H22F3O2/c1-11-2-4-12(5-3-11)14-9-22-18(23-10-14)13-6-16(20)15(8-19)17(21)7-13/h6-7,11,14,18H,2-5,8-10H2,1H3. The lowest BCUT2D eigenvalue weighted by Gasteiger charge is -2.37. The lowest BCUT2D eigenvalue weighted by molar-refractivity contribution is -0.203. The van der Waals surface area contributed by atoms with Crippen molar-refractivity contribution in [2.24, 2.45) is 11.8 Å². The number of hydrogen-bond donors (Lipinski definition) is 0. The summed E-state index contributed by atoms with van der Waals surface area (Å²) in [6.07, 6.45) is 3.84. The van der Waals surface area contributed by atoms with Crippen LogP contribution in [0.15, 0.2) is 12.1 Å². The van der Waals surface area contributed by atoms with Crippen LogP contribution < -0.4 is 0 Å². The van der Waals surface area contributed by atoms with Gasteiger partial charge in [0.25, 0.3) is 0 Å². The SMILES string of the molecule is CC1CC[C](C2COC(c3cc(F)c(CF)c(F)c3)OC2)CC1. The molecule has 0 amide bonds. The molecule has 5 heteroatoms. The molecule has 2 nitrogen and oxygen atoms in total. The van der Waals surface area contributed by atoms with Crippen LogP contribution in [0.3, 0.4) is 0 Å². The average Bonchev–Trinajstić information content (AvgIpc) is 2.55. The second-order valence-corrected chi connectivity index (χ2v) is 6.63. The zero-order valence-corrected chi connectivity index (χ0v) is 13.3. The maximum atomic E-state index is 13.7. The third kappa shape index (κ3) is 3.72. The van der Waals surface area contributed by atoms with E-state index >= 15 is 0 Å². The molecule has 0 spiro atoms. The number of hydrogen-bond acceptors (Lipinski definition) is 2. The molecule has 0 N–H and O–H groups in total. The fourth-order valence-corrected chi connectivity index (χ4v) is 3.36. The largest absolute Gasteiger partial charge is 0.348 e. The quantitative estimate of drug-likeness (QED) is 0.788. The van der Waals surface area contributed by atoms with E-state index in [4.69, 9.17) is 9.47 Å². The topological polar surface area (TPSA) is 18.5 Å². The predicted octanol–water partition coefficient (Wildman–Crippen LogP) is 4.88. The molecular formula is C18H22F3O2. The first-order valence-electron chi connectivity index (χ1n) is 8.20. The Morgan fingerprint density at radius 2 is 1.61 bits per heavy atom. The van der Waals surface area contributed by atoms with Crippen LogP contribution in [0, 0.1) is 29.4 Å². The van der Waals surface area contributed by atoms with Crippen molar-refractivity contribution >= 4 is 0 Å². The van der Waals surface area contributed by atoms with Crippen LogP contribution >= 0.6 is 0 Å². The van der Waals surface area contributed by atoms with E-state index in [2.05, 4.69) is 6.92 Å². The third-order valence-corrected chi connectivity index (χ3v) is 4.96. The van der Waals surface area contributed by atoms with Crippen molar-refractivity contribution in [3.05, 3.63) is 40.8 Å². The molecule has 0 bridgehead atoms. The van der Waals surface area contributed by atoms with E-state index in [1.807, 2.05) is 0 Å². The van der Waals surface area contributed by atoms with Gasteiger partial charge in [0.2, 0.25) is 0 Å². The van der Waals surface area contributed by atoms with Gasteiger partial charge in [-0.25, -0.2) is 13.2 Å². The molecule has 1 saturated heterocycles. The highest BCUT2D eigenvalue weighted by atomic mass is 19.1. The molecule has 1 aliphatic heterocycles. The summed E-state index contributed by atoms with van der Waals surface area (Å²) < 4.78 is 51.3. The summed E-state index contributed by atoms with van der Waals surface area (Å²) in [6, 6.07) is 2.19. The summed E-state index contributed by atoms with van der Waals surface area (Å²) in [5.74, 6) is 0.724. The molecule has 2 fully saturated rings. The number of ether oxygens (including phenoxy) is 2. The van der Waals surface area contributed by atoms with Crippen LogP contribution in [0.25, 0.3) is 0 Å². The first-order chi connectivity index (χ1) is 11.1.